The van der Waals surface area contributed by atoms with E-state index in [2.05, 4.69) is 9.88 Å². The van der Waals surface area contributed by atoms with Gasteiger partial charge in [-0.3, -0.25) is 4.98 Å². The number of likely N-dealkylation sites (N-methyl/N-ethyl adjacent to an activating group) is 1. The Bertz CT molecular complexity index is 552. The van der Waals surface area contributed by atoms with Crippen LogP contribution in [0.1, 0.15) is 5.69 Å². The topological polar surface area (TPSA) is 51.4 Å². The highest BCUT2D eigenvalue weighted by Crippen LogP contribution is 2.29. The van der Waals surface area contributed by atoms with Crippen LogP contribution in [0.4, 0.5) is 5.69 Å². The Kier molecular flexibility index (Phi) is 3.67. The number of anilines is 1. The lowest BCUT2D eigenvalue weighted by Crippen LogP contribution is -2.19. The number of hydrogen-bond acceptors (Lipinski definition) is 4. The lowest BCUT2D eigenvalue weighted by molar-refractivity contribution is 0.263. The summed E-state index contributed by atoms with van der Waals surface area (Å²) in [6.07, 6.45) is 1.80. The minimum Gasteiger partial charge on any atom is -0.492 e. The van der Waals surface area contributed by atoms with Crippen LogP contribution in [0.15, 0.2) is 24.4 Å². The molecule has 96 valence electrons. The van der Waals surface area contributed by atoms with Gasteiger partial charge in [0.2, 0.25) is 0 Å². The van der Waals surface area contributed by atoms with Gasteiger partial charge < -0.3 is 15.4 Å². The van der Waals surface area contributed by atoms with Gasteiger partial charge in [-0.25, -0.2) is 0 Å². The third kappa shape index (κ3) is 2.71. The number of benzene rings is 1. The highest BCUT2D eigenvalue weighted by molar-refractivity contribution is 5.96. The van der Waals surface area contributed by atoms with Gasteiger partial charge in [0.05, 0.1) is 0 Å². The number of pyridine rings is 1. The maximum absolute atomic E-state index is 5.95. The largest absolute Gasteiger partial charge is 0.492 e. The number of fused-ring (bicyclic) bond motifs is 1. The van der Waals surface area contributed by atoms with Crippen LogP contribution < -0.4 is 10.5 Å². The molecule has 1 aromatic heterocycles. The van der Waals surface area contributed by atoms with Crippen molar-refractivity contribution in [2.75, 3.05) is 33.0 Å². The zero-order valence-corrected chi connectivity index (χ0v) is 11.1. The van der Waals surface area contributed by atoms with Crippen molar-refractivity contribution in [3.63, 3.8) is 0 Å². The van der Waals surface area contributed by atoms with Gasteiger partial charge in [-0.05, 0) is 39.2 Å². The molecule has 18 heavy (non-hydrogen) atoms. The van der Waals surface area contributed by atoms with E-state index in [9.17, 15) is 0 Å². The van der Waals surface area contributed by atoms with Crippen LogP contribution in [-0.4, -0.2) is 37.1 Å². The second-order valence-electron chi connectivity index (χ2n) is 4.68. The van der Waals surface area contributed by atoms with Gasteiger partial charge in [-0.2, -0.15) is 0 Å². The first kappa shape index (κ1) is 12.6. The van der Waals surface area contributed by atoms with Crippen molar-refractivity contribution >= 4 is 16.5 Å². The van der Waals surface area contributed by atoms with Crippen molar-refractivity contribution in [2.24, 2.45) is 0 Å². The second-order valence-corrected chi connectivity index (χ2v) is 4.68. The molecule has 2 aromatic rings. The van der Waals surface area contributed by atoms with Gasteiger partial charge in [-0.15, -0.1) is 0 Å². The van der Waals surface area contributed by atoms with Gasteiger partial charge in [0.25, 0.3) is 0 Å². The summed E-state index contributed by atoms with van der Waals surface area (Å²) in [5.41, 5.74) is 7.65. The van der Waals surface area contributed by atoms with Gasteiger partial charge in [-0.1, -0.05) is 0 Å². The lowest BCUT2D eigenvalue weighted by Gasteiger charge is -2.13. The first-order valence-corrected chi connectivity index (χ1v) is 6.00. The molecule has 0 saturated heterocycles. The number of nitrogens with zero attached hydrogens (tertiary/aromatic N) is 2. The van der Waals surface area contributed by atoms with Crippen LogP contribution in [0, 0.1) is 6.92 Å². The highest BCUT2D eigenvalue weighted by Gasteiger charge is 2.06. The van der Waals surface area contributed by atoms with Gasteiger partial charge in [0, 0.05) is 34.9 Å². The van der Waals surface area contributed by atoms with E-state index in [1.165, 1.54) is 0 Å². The molecule has 0 amide bonds. The molecule has 4 nitrogen and oxygen atoms in total. The zero-order chi connectivity index (χ0) is 13.1. The Labute approximate surface area is 107 Å². The molecule has 2 rings (SSSR count). The smallest absolute Gasteiger partial charge is 0.127 e. The van der Waals surface area contributed by atoms with E-state index in [1.807, 2.05) is 39.2 Å². The summed E-state index contributed by atoms with van der Waals surface area (Å²) in [7, 11) is 4.05. The van der Waals surface area contributed by atoms with E-state index in [0.717, 1.165) is 34.4 Å². The standard InChI is InChI=1S/C14H19N3O/c1-10-8-11-12(9-16-10)13(15)4-5-14(11)18-7-6-17(2)3/h4-5,8-9H,6-7,15H2,1-3H3. The molecule has 0 aliphatic rings. The van der Waals surface area contributed by atoms with Crippen molar-refractivity contribution in [1.29, 1.82) is 0 Å². The Hall–Kier alpha value is -1.81. The minimum absolute atomic E-state index is 0.660. The quantitative estimate of drug-likeness (QED) is 0.838. The molecule has 0 saturated carbocycles. The van der Waals surface area contributed by atoms with Crippen LogP contribution in [-0.2, 0) is 0 Å². The summed E-state index contributed by atoms with van der Waals surface area (Å²) >= 11 is 0. The van der Waals surface area contributed by atoms with Gasteiger partial charge in [0.15, 0.2) is 0 Å². The molecular formula is C14H19N3O. The zero-order valence-electron chi connectivity index (χ0n) is 11.1. The average Bonchev–Trinajstić information content (AvgIpc) is 2.31. The third-order valence-corrected chi connectivity index (χ3v) is 2.83. The number of rotatable bonds is 4. The summed E-state index contributed by atoms with van der Waals surface area (Å²) in [6, 6.07) is 5.80. The van der Waals surface area contributed by atoms with E-state index < -0.39 is 0 Å². The predicted molar refractivity (Wildman–Crippen MR) is 74.9 cm³/mol. The average molecular weight is 245 g/mol. The number of nitrogens with two attached hydrogens (primary N) is 1. The van der Waals surface area contributed by atoms with Gasteiger partial charge >= 0.3 is 0 Å². The Morgan fingerprint density at radius 2 is 2.06 bits per heavy atom. The maximum atomic E-state index is 5.95. The molecule has 0 aliphatic carbocycles. The first-order valence-electron chi connectivity index (χ1n) is 6.00. The number of aromatic nitrogens is 1. The molecular weight excluding hydrogens is 226 g/mol. The van der Waals surface area contributed by atoms with Crippen LogP contribution in [0.5, 0.6) is 5.75 Å². The second kappa shape index (κ2) is 5.23. The lowest BCUT2D eigenvalue weighted by atomic mass is 10.1. The van der Waals surface area contributed by atoms with Crippen LogP contribution in [0.25, 0.3) is 10.8 Å². The van der Waals surface area contributed by atoms with E-state index in [4.69, 9.17) is 10.5 Å². The fourth-order valence-electron chi connectivity index (χ4n) is 1.80. The molecule has 4 heteroatoms. The summed E-state index contributed by atoms with van der Waals surface area (Å²) in [4.78, 5) is 6.36. The van der Waals surface area contributed by atoms with E-state index in [0.29, 0.717) is 6.61 Å². The molecule has 1 heterocycles. The van der Waals surface area contributed by atoms with E-state index >= 15 is 0 Å². The normalized spacial score (nSPS) is 11.1. The summed E-state index contributed by atoms with van der Waals surface area (Å²) in [6.45, 7) is 3.51. The molecule has 0 radical (unpaired) electrons. The fraction of sp³-hybridized carbons (Fsp3) is 0.357. The maximum Gasteiger partial charge on any atom is 0.127 e. The minimum atomic E-state index is 0.660. The fourth-order valence-corrected chi connectivity index (χ4v) is 1.80. The molecule has 0 spiro atoms. The third-order valence-electron chi connectivity index (χ3n) is 2.83. The Morgan fingerprint density at radius 3 is 2.78 bits per heavy atom. The summed E-state index contributed by atoms with van der Waals surface area (Å²) in [5.74, 6) is 0.867. The Balaban J connectivity index is 2.32. The van der Waals surface area contributed by atoms with Crippen molar-refractivity contribution in [3.8, 4) is 5.75 Å². The molecule has 0 aliphatic heterocycles. The van der Waals surface area contributed by atoms with E-state index in [-0.39, 0.29) is 0 Å². The first-order chi connectivity index (χ1) is 8.58. The molecule has 2 N–H and O–H groups in total. The highest BCUT2D eigenvalue weighted by atomic mass is 16.5. The van der Waals surface area contributed by atoms with Crippen LogP contribution in [0.2, 0.25) is 0 Å². The summed E-state index contributed by atoms with van der Waals surface area (Å²) < 4.78 is 5.82. The molecule has 1 aromatic carbocycles. The van der Waals surface area contributed by atoms with Crippen molar-refractivity contribution in [3.05, 3.63) is 30.1 Å². The van der Waals surface area contributed by atoms with Crippen LogP contribution >= 0.6 is 0 Å². The molecule has 0 atom stereocenters. The SMILES string of the molecule is Cc1cc2c(OCCN(C)C)ccc(N)c2cn1. The number of aryl methyl sites for hydroxylation is 1. The number of ether oxygens (including phenoxy) is 1. The monoisotopic (exact) mass is 245 g/mol. The van der Waals surface area contributed by atoms with Crippen LogP contribution in [0.3, 0.4) is 0 Å². The molecule has 0 fully saturated rings. The van der Waals surface area contributed by atoms with Crippen molar-refractivity contribution < 1.29 is 4.74 Å². The summed E-state index contributed by atoms with van der Waals surface area (Å²) in [5, 5.41) is 1.98. The number of hydrogen-bond donors (Lipinski definition) is 1. The predicted octanol–water partition coefficient (Wildman–Crippen LogP) is 2.07. The van der Waals surface area contributed by atoms with Gasteiger partial charge in [0.1, 0.15) is 12.4 Å². The van der Waals surface area contributed by atoms with Crippen molar-refractivity contribution in [1.82, 2.24) is 9.88 Å². The molecule has 0 bridgehead atoms. The number of nitrogen functional groups attached to an aromatic ring is 1. The Morgan fingerprint density at radius 1 is 1.28 bits per heavy atom. The van der Waals surface area contributed by atoms with E-state index in [1.54, 1.807) is 6.20 Å². The van der Waals surface area contributed by atoms with Crippen molar-refractivity contribution in [2.45, 2.75) is 6.92 Å². The molecule has 0 unspecified atom stereocenters.